The van der Waals surface area contributed by atoms with E-state index in [1.165, 1.54) is 0 Å². The van der Waals surface area contributed by atoms with Crippen LogP contribution in [0.1, 0.15) is 25.3 Å². The molecule has 0 heterocycles. The zero-order chi connectivity index (χ0) is 12.1. The molecule has 1 aromatic carbocycles. The number of rotatable bonds is 4. The summed E-state index contributed by atoms with van der Waals surface area (Å²) in [6.45, 7) is 1.26. The SMILES string of the molecule is CCCC(=O)OCc1c(F)cc(F)cc1F. The van der Waals surface area contributed by atoms with Crippen molar-refractivity contribution in [3.63, 3.8) is 0 Å². The van der Waals surface area contributed by atoms with Gasteiger partial charge in [-0.05, 0) is 6.42 Å². The van der Waals surface area contributed by atoms with Gasteiger partial charge in [-0.3, -0.25) is 4.79 Å². The van der Waals surface area contributed by atoms with Gasteiger partial charge in [0.05, 0.1) is 5.56 Å². The molecule has 16 heavy (non-hydrogen) atoms. The molecular weight excluding hydrogens is 221 g/mol. The Bertz CT molecular complexity index is 368. The van der Waals surface area contributed by atoms with Gasteiger partial charge >= 0.3 is 5.97 Å². The summed E-state index contributed by atoms with van der Waals surface area (Å²) < 4.78 is 43.3. The van der Waals surface area contributed by atoms with E-state index >= 15 is 0 Å². The lowest BCUT2D eigenvalue weighted by atomic mass is 10.2. The summed E-state index contributed by atoms with van der Waals surface area (Å²) in [5, 5.41) is 0. The molecule has 5 heteroatoms. The first-order valence-electron chi connectivity index (χ1n) is 4.83. The molecule has 0 saturated carbocycles. The number of carbonyl (C=O) groups is 1. The maximum absolute atomic E-state index is 13.1. The molecule has 0 radical (unpaired) electrons. The van der Waals surface area contributed by atoms with Crippen LogP contribution < -0.4 is 0 Å². The molecule has 1 aromatic rings. The van der Waals surface area contributed by atoms with E-state index in [9.17, 15) is 18.0 Å². The fourth-order valence-corrected chi connectivity index (χ4v) is 1.14. The Kier molecular flexibility index (Phi) is 4.34. The number of halogens is 3. The van der Waals surface area contributed by atoms with Gasteiger partial charge in [0.25, 0.3) is 0 Å². The van der Waals surface area contributed by atoms with Gasteiger partial charge in [-0.2, -0.15) is 0 Å². The summed E-state index contributed by atoms with van der Waals surface area (Å²) in [5.41, 5.74) is -0.439. The average Bonchev–Trinajstić information content (AvgIpc) is 2.16. The second kappa shape index (κ2) is 5.53. The summed E-state index contributed by atoms with van der Waals surface area (Å²) in [6, 6.07) is 1.10. The van der Waals surface area contributed by atoms with E-state index in [4.69, 9.17) is 0 Å². The average molecular weight is 232 g/mol. The highest BCUT2D eigenvalue weighted by molar-refractivity contribution is 5.69. The van der Waals surface area contributed by atoms with Crippen LogP contribution in [0.15, 0.2) is 12.1 Å². The van der Waals surface area contributed by atoms with Gasteiger partial charge < -0.3 is 4.74 Å². The maximum Gasteiger partial charge on any atom is 0.306 e. The van der Waals surface area contributed by atoms with E-state index in [0.29, 0.717) is 18.6 Å². The van der Waals surface area contributed by atoms with Crippen molar-refractivity contribution in [1.82, 2.24) is 0 Å². The van der Waals surface area contributed by atoms with Gasteiger partial charge in [0, 0.05) is 18.6 Å². The second-order valence-electron chi connectivity index (χ2n) is 3.26. The molecule has 0 aliphatic heterocycles. The molecule has 0 atom stereocenters. The van der Waals surface area contributed by atoms with Gasteiger partial charge in [-0.25, -0.2) is 13.2 Å². The van der Waals surface area contributed by atoms with Crippen LogP contribution in [0.4, 0.5) is 13.2 Å². The number of esters is 1. The lowest BCUT2D eigenvalue weighted by Crippen LogP contribution is -2.07. The predicted octanol–water partition coefficient (Wildman–Crippen LogP) is 2.95. The molecule has 0 aromatic heterocycles. The van der Waals surface area contributed by atoms with E-state index < -0.39 is 35.6 Å². The molecule has 88 valence electrons. The first-order valence-corrected chi connectivity index (χ1v) is 4.83. The van der Waals surface area contributed by atoms with Gasteiger partial charge in [-0.1, -0.05) is 6.92 Å². The summed E-state index contributed by atoms with van der Waals surface area (Å²) in [5.74, 6) is -3.65. The van der Waals surface area contributed by atoms with E-state index in [2.05, 4.69) is 4.74 Å². The molecule has 0 saturated heterocycles. The summed E-state index contributed by atoms with van der Waals surface area (Å²) >= 11 is 0. The van der Waals surface area contributed by atoms with E-state index in [0.717, 1.165) is 0 Å². The van der Waals surface area contributed by atoms with Gasteiger partial charge in [0.1, 0.15) is 24.1 Å². The molecule has 0 aliphatic rings. The molecule has 0 spiro atoms. The van der Waals surface area contributed by atoms with Crippen LogP contribution in [0, 0.1) is 17.5 Å². The Hall–Kier alpha value is -1.52. The predicted molar refractivity (Wildman–Crippen MR) is 51.0 cm³/mol. The molecule has 0 unspecified atom stereocenters. The highest BCUT2D eigenvalue weighted by Crippen LogP contribution is 2.15. The summed E-state index contributed by atoms with van der Waals surface area (Å²) in [4.78, 5) is 11.0. The van der Waals surface area contributed by atoms with Crippen molar-refractivity contribution in [3.05, 3.63) is 35.1 Å². The number of hydrogen-bond acceptors (Lipinski definition) is 2. The van der Waals surface area contributed by atoms with Gasteiger partial charge in [0.15, 0.2) is 0 Å². The van der Waals surface area contributed by atoms with E-state index in [1.54, 1.807) is 6.92 Å². The van der Waals surface area contributed by atoms with Crippen molar-refractivity contribution < 1.29 is 22.7 Å². The molecule has 0 N–H and O–H groups in total. The first-order chi connectivity index (χ1) is 7.54. The quantitative estimate of drug-likeness (QED) is 0.746. The van der Waals surface area contributed by atoms with Crippen molar-refractivity contribution in [2.75, 3.05) is 0 Å². The van der Waals surface area contributed by atoms with Crippen molar-refractivity contribution in [3.8, 4) is 0 Å². The monoisotopic (exact) mass is 232 g/mol. The van der Waals surface area contributed by atoms with Crippen molar-refractivity contribution in [1.29, 1.82) is 0 Å². The minimum absolute atomic E-state index is 0.185. The van der Waals surface area contributed by atoms with Crippen LogP contribution in [0.25, 0.3) is 0 Å². The number of benzene rings is 1. The standard InChI is InChI=1S/C11H11F3O2/c1-2-3-11(15)16-6-8-9(13)4-7(12)5-10(8)14/h4-5H,2-3,6H2,1H3. The van der Waals surface area contributed by atoms with Crippen LogP contribution in [-0.4, -0.2) is 5.97 Å². The first kappa shape index (κ1) is 12.5. The molecule has 2 nitrogen and oxygen atoms in total. The summed E-state index contributed by atoms with van der Waals surface area (Å²) in [7, 11) is 0. The van der Waals surface area contributed by atoms with Gasteiger partial charge in [0.2, 0.25) is 0 Å². The third kappa shape index (κ3) is 3.25. The minimum atomic E-state index is -1.05. The zero-order valence-corrected chi connectivity index (χ0v) is 8.73. The summed E-state index contributed by atoms with van der Waals surface area (Å²) in [6.07, 6.45) is 0.775. The van der Waals surface area contributed by atoms with E-state index in [1.807, 2.05) is 0 Å². The Balaban J connectivity index is 2.70. The molecule has 0 amide bonds. The molecule has 0 bridgehead atoms. The zero-order valence-electron chi connectivity index (χ0n) is 8.73. The molecule has 1 rings (SSSR count). The fourth-order valence-electron chi connectivity index (χ4n) is 1.14. The maximum atomic E-state index is 13.1. The van der Waals surface area contributed by atoms with Crippen LogP contribution in [0.3, 0.4) is 0 Å². The van der Waals surface area contributed by atoms with Crippen LogP contribution >= 0.6 is 0 Å². The molecule has 0 aliphatic carbocycles. The number of ether oxygens (including phenoxy) is 1. The lowest BCUT2D eigenvalue weighted by Gasteiger charge is -2.06. The second-order valence-corrected chi connectivity index (χ2v) is 3.26. The molecule has 0 fully saturated rings. The third-order valence-corrected chi connectivity index (χ3v) is 1.94. The smallest absolute Gasteiger partial charge is 0.306 e. The largest absolute Gasteiger partial charge is 0.461 e. The van der Waals surface area contributed by atoms with Crippen LogP contribution in [0.2, 0.25) is 0 Å². The normalized spacial score (nSPS) is 10.2. The van der Waals surface area contributed by atoms with E-state index in [-0.39, 0.29) is 6.42 Å². The lowest BCUT2D eigenvalue weighted by molar-refractivity contribution is -0.145. The van der Waals surface area contributed by atoms with Crippen LogP contribution in [0.5, 0.6) is 0 Å². The van der Waals surface area contributed by atoms with Crippen molar-refractivity contribution in [2.24, 2.45) is 0 Å². The van der Waals surface area contributed by atoms with Crippen LogP contribution in [-0.2, 0) is 16.1 Å². The Labute approximate surface area is 91.0 Å². The fraction of sp³-hybridized carbons (Fsp3) is 0.364. The number of hydrogen-bond donors (Lipinski definition) is 0. The van der Waals surface area contributed by atoms with Crippen molar-refractivity contribution in [2.45, 2.75) is 26.4 Å². The topological polar surface area (TPSA) is 26.3 Å². The third-order valence-electron chi connectivity index (χ3n) is 1.94. The minimum Gasteiger partial charge on any atom is -0.461 e. The Morgan fingerprint density at radius 1 is 1.25 bits per heavy atom. The highest BCUT2D eigenvalue weighted by atomic mass is 19.1. The van der Waals surface area contributed by atoms with Gasteiger partial charge in [-0.15, -0.1) is 0 Å². The Morgan fingerprint density at radius 3 is 2.31 bits per heavy atom. The Morgan fingerprint density at radius 2 is 1.81 bits per heavy atom. The highest BCUT2D eigenvalue weighted by Gasteiger charge is 2.13. The van der Waals surface area contributed by atoms with Crippen molar-refractivity contribution >= 4 is 5.97 Å². The number of carbonyl (C=O) groups excluding carboxylic acids is 1. The molecular formula is C11H11F3O2.